The maximum Gasteiger partial charge on any atom is 0.349 e. The molecule has 0 saturated heterocycles. The number of aryl methyl sites for hydroxylation is 1. The molecule has 4 rings (SSSR count). The second-order valence-electron chi connectivity index (χ2n) is 5.81. The highest BCUT2D eigenvalue weighted by molar-refractivity contribution is 7.17. The number of nitrogens with one attached hydrogen (secondary N) is 1. The molecule has 2 N–H and O–H groups in total. The van der Waals surface area contributed by atoms with E-state index >= 15 is 0 Å². The Labute approximate surface area is 145 Å². The molecule has 1 aromatic carbocycles. The molecule has 6 nitrogen and oxygen atoms in total. The number of rotatable bonds is 3. The van der Waals surface area contributed by atoms with Gasteiger partial charge in [-0.15, -0.1) is 11.3 Å². The Balaban J connectivity index is 1.73. The van der Waals surface area contributed by atoms with Crippen LogP contribution in [0.15, 0.2) is 39.5 Å². The summed E-state index contributed by atoms with van der Waals surface area (Å²) in [5, 5.41) is 13.0. The molecule has 1 aliphatic rings. The van der Waals surface area contributed by atoms with Gasteiger partial charge in [0.2, 0.25) is 0 Å². The molecule has 1 amide bonds. The van der Waals surface area contributed by atoms with E-state index in [4.69, 9.17) is 4.42 Å². The van der Waals surface area contributed by atoms with Gasteiger partial charge < -0.3 is 14.8 Å². The van der Waals surface area contributed by atoms with Crippen LogP contribution < -0.4 is 10.9 Å². The van der Waals surface area contributed by atoms with Crippen molar-refractivity contribution in [1.29, 1.82) is 0 Å². The summed E-state index contributed by atoms with van der Waals surface area (Å²) in [7, 11) is 0. The highest BCUT2D eigenvalue weighted by atomic mass is 32.1. The molecule has 3 aromatic rings. The minimum atomic E-state index is -1.07. The normalized spacial score (nSPS) is 13.0. The summed E-state index contributed by atoms with van der Waals surface area (Å²) in [6.45, 7) is 0. The van der Waals surface area contributed by atoms with Gasteiger partial charge >= 0.3 is 11.6 Å². The van der Waals surface area contributed by atoms with Gasteiger partial charge in [0, 0.05) is 10.3 Å². The fourth-order valence-electron chi connectivity index (χ4n) is 3.11. The number of carbonyl (C=O) groups is 2. The summed E-state index contributed by atoms with van der Waals surface area (Å²) in [5.41, 5.74) is 0.417. The average Bonchev–Trinajstić information content (AvgIpc) is 3.14. The first kappa shape index (κ1) is 15.6. The van der Waals surface area contributed by atoms with E-state index in [1.165, 1.54) is 17.4 Å². The quantitative estimate of drug-likeness (QED) is 0.703. The molecule has 0 aliphatic heterocycles. The Morgan fingerprint density at radius 1 is 1.20 bits per heavy atom. The van der Waals surface area contributed by atoms with Crippen molar-refractivity contribution >= 4 is 39.2 Å². The van der Waals surface area contributed by atoms with Crippen LogP contribution in [0.3, 0.4) is 0 Å². The predicted molar refractivity (Wildman–Crippen MR) is 93.7 cm³/mol. The number of hydrogen-bond acceptors (Lipinski definition) is 5. The zero-order valence-corrected chi connectivity index (χ0v) is 13.8. The fourth-order valence-corrected chi connectivity index (χ4v) is 4.39. The lowest BCUT2D eigenvalue weighted by atomic mass is 10.1. The van der Waals surface area contributed by atoms with Gasteiger partial charge in [0.15, 0.2) is 0 Å². The monoisotopic (exact) mass is 355 g/mol. The molecular weight excluding hydrogens is 342 g/mol. The summed E-state index contributed by atoms with van der Waals surface area (Å²) < 4.78 is 5.16. The molecule has 126 valence electrons. The van der Waals surface area contributed by atoms with Crippen LogP contribution in [0.2, 0.25) is 0 Å². The van der Waals surface area contributed by atoms with Gasteiger partial charge in [0.1, 0.15) is 16.1 Å². The van der Waals surface area contributed by atoms with E-state index in [1.807, 2.05) is 0 Å². The third kappa shape index (κ3) is 2.62. The number of hydrogen-bond donors (Lipinski definition) is 2. The van der Waals surface area contributed by atoms with Crippen LogP contribution in [0.4, 0.5) is 5.00 Å². The molecule has 1 aliphatic carbocycles. The molecule has 2 heterocycles. The molecule has 0 fully saturated rings. The van der Waals surface area contributed by atoms with Crippen LogP contribution in [0.5, 0.6) is 0 Å². The second-order valence-corrected chi connectivity index (χ2v) is 6.91. The van der Waals surface area contributed by atoms with Crippen molar-refractivity contribution in [3.05, 3.63) is 62.3 Å². The van der Waals surface area contributed by atoms with Crippen LogP contribution >= 0.6 is 11.3 Å². The Morgan fingerprint density at radius 3 is 2.80 bits per heavy atom. The number of para-hydroxylation sites is 1. The smallest absolute Gasteiger partial charge is 0.349 e. The summed E-state index contributed by atoms with van der Waals surface area (Å²) in [6, 6.07) is 8.34. The summed E-state index contributed by atoms with van der Waals surface area (Å²) in [4.78, 5) is 37.2. The Bertz CT molecular complexity index is 1080. The number of carbonyl (C=O) groups excluding carboxylic acids is 1. The topological polar surface area (TPSA) is 96.6 Å². The first-order valence-corrected chi connectivity index (χ1v) is 8.58. The fraction of sp³-hybridized carbons (Fsp3) is 0.167. The van der Waals surface area contributed by atoms with Crippen molar-refractivity contribution < 1.29 is 19.1 Å². The molecule has 0 bridgehead atoms. The summed E-state index contributed by atoms with van der Waals surface area (Å²) in [6.07, 6.45) is 2.43. The van der Waals surface area contributed by atoms with E-state index in [-0.39, 0.29) is 16.1 Å². The molecular formula is C18H13NO5S. The Kier molecular flexibility index (Phi) is 3.65. The van der Waals surface area contributed by atoms with Crippen LogP contribution in [0.25, 0.3) is 11.0 Å². The highest BCUT2D eigenvalue weighted by Crippen LogP contribution is 2.39. The molecule has 0 spiro atoms. The zero-order valence-electron chi connectivity index (χ0n) is 13.0. The van der Waals surface area contributed by atoms with Crippen LogP contribution in [0, 0.1) is 0 Å². The largest absolute Gasteiger partial charge is 0.478 e. The lowest BCUT2D eigenvalue weighted by molar-refractivity contribution is 0.0697. The molecule has 0 saturated carbocycles. The standard InChI is InChI=1S/C18H13NO5S/c20-15(11-8-9-4-1-2-6-12(9)24-18(11)23)19-16-14(17(21)22)10-5-3-7-13(10)25-16/h1-2,4,6,8H,3,5,7H2,(H,19,20)(H,21,22). The molecule has 7 heteroatoms. The molecule has 0 radical (unpaired) electrons. The van der Waals surface area contributed by atoms with E-state index < -0.39 is 17.5 Å². The molecule has 0 atom stereocenters. The summed E-state index contributed by atoms with van der Waals surface area (Å²) in [5.74, 6) is -1.73. The van der Waals surface area contributed by atoms with Gasteiger partial charge in [-0.25, -0.2) is 9.59 Å². The van der Waals surface area contributed by atoms with Crippen LogP contribution in [-0.4, -0.2) is 17.0 Å². The van der Waals surface area contributed by atoms with E-state index in [0.717, 1.165) is 23.3 Å². The van der Waals surface area contributed by atoms with Crippen molar-refractivity contribution in [2.75, 3.05) is 5.32 Å². The number of thiophene rings is 1. The van der Waals surface area contributed by atoms with Gasteiger partial charge in [0.25, 0.3) is 5.91 Å². The Hall–Kier alpha value is -2.93. The number of carboxylic acid groups (broad SMARTS) is 1. The van der Waals surface area contributed by atoms with Gasteiger partial charge in [-0.05, 0) is 37.0 Å². The first-order valence-electron chi connectivity index (χ1n) is 7.76. The highest BCUT2D eigenvalue weighted by Gasteiger charge is 2.28. The van der Waals surface area contributed by atoms with Gasteiger partial charge in [0.05, 0.1) is 5.56 Å². The van der Waals surface area contributed by atoms with Crippen LogP contribution in [0.1, 0.15) is 37.6 Å². The van der Waals surface area contributed by atoms with Crippen molar-refractivity contribution in [2.45, 2.75) is 19.3 Å². The minimum Gasteiger partial charge on any atom is -0.478 e. The third-order valence-electron chi connectivity index (χ3n) is 4.25. The van der Waals surface area contributed by atoms with Gasteiger partial charge in [-0.1, -0.05) is 18.2 Å². The number of amides is 1. The average molecular weight is 355 g/mol. The number of carboxylic acids is 1. The zero-order chi connectivity index (χ0) is 17.6. The van der Waals surface area contributed by atoms with Crippen molar-refractivity contribution in [3.8, 4) is 0 Å². The van der Waals surface area contributed by atoms with E-state index in [0.29, 0.717) is 17.4 Å². The molecule has 25 heavy (non-hydrogen) atoms. The van der Waals surface area contributed by atoms with E-state index in [9.17, 15) is 19.5 Å². The maximum absolute atomic E-state index is 12.5. The number of fused-ring (bicyclic) bond motifs is 2. The van der Waals surface area contributed by atoms with Crippen LogP contribution in [-0.2, 0) is 12.8 Å². The van der Waals surface area contributed by atoms with Crippen molar-refractivity contribution in [1.82, 2.24) is 0 Å². The minimum absolute atomic E-state index is 0.135. The molecule has 2 aromatic heterocycles. The third-order valence-corrected chi connectivity index (χ3v) is 5.46. The second kappa shape index (κ2) is 5.86. The number of benzene rings is 1. The van der Waals surface area contributed by atoms with Gasteiger partial charge in [-0.2, -0.15) is 0 Å². The maximum atomic E-state index is 12.5. The lowest BCUT2D eigenvalue weighted by Gasteiger charge is -2.05. The van der Waals surface area contributed by atoms with Gasteiger partial charge in [-0.3, -0.25) is 4.79 Å². The first-order chi connectivity index (χ1) is 12.0. The SMILES string of the molecule is O=C(O)c1c(NC(=O)c2cc3ccccc3oc2=O)sc2c1CCC2. The van der Waals surface area contributed by atoms with Crippen molar-refractivity contribution in [3.63, 3.8) is 0 Å². The van der Waals surface area contributed by atoms with E-state index in [2.05, 4.69) is 5.32 Å². The predicted octanol–water partition coefficient (Wildman–Crippen LogP) is 3.29. The van der Waals surface area contributed by atoms with E-state index in [1.54, 1.807) is 24.3 Å². The Morgan fingerprint density at radius 2 is 2.00 bits per heavy atom. The molecule has 0 unspecified atom stereocenters. The summed E-state index contributed by atoms with van der Waals surface area (Å²) >= 11 is 1.26. The number of anilines is 1. The van der Waals surface area contributed by atoms with Crippen molar-refractivity contribution in [2.24, 2.45) is 0 Å². The number of aromatic carboxylic acids is 1. The lowest BCUT2D eigenvalue weighted by Crippen LogP contribution is -2.21.